The zero-order valence-electron chi connectivity index (χ0n) is 20.5. The van der Waals surface area contributed by atoms with Crippen LogP contribution in [-0.4, -0.2) is 40.9 Å². The van der Waals surface area contributed by atoms with Crippen molar-refractivity contribution in [2.24, 2.45) is 5.41 Å². The van der Waals surface area contributed by atoms with Gasteiger partial charge in [0, 0.05) is 40.9 Å². The minimum absolute atomic E-state index is 0.0950. The fourth-order valence-corrected chi connectivity index (χ4v) is 5.76. The van der Waals surface area contributed by atoms with Gasteiger partial charge in [0.2, 0.25) is 5.91 Å². The molecule has 2 aliphatic rings. The van der Waals surface area contributed by atoms with E-state index in [9.17, 15) is 14.4 Å². The fraction of sp³-hybridized carbons (Fsp3) is 0.407. The molecule has 1 N–H and O–H groups in total. The van der Waals surface area contributed by atoms with Gasteiger partial charge in [-0.25, -0.2) is 9.69 Å². The third-order valence-corrected chi connectivity index (χ3v) is 7.47. The van der Waals surface area contributed by atoms with Crippen molar-refractivity contribution in [3.63, 3.8) is 0 Å². The van der Waals surface area contributed by atoms with Crippen molar-refractivity contribution in [1.82, 2.24) is 10.2 Å². The summed E-state index contributed by atoms with van der Waals surface area (Å²) in [5, 5.41) is 12.9. The van der Waals surface area contributed by atoms with E-state index in [0.29, 0.717) is 21.3 Å². The molecule has 4 amide bonds. The molecule has 0 aromatic heterocycles. The van der Waals surface area contributed by atoms with Crippen LogP contribution in [0.15, 0.2) is 42.5 Å². The minimum Gasteiger partial charge on any atom is -0.351 e. The molecule has 2 heterocycles. The Kier molecular flexibility index (Phi) is 7.05. The first kappa shape index (κ1) is 26.0. The highest BCUT2D eigenvalue weighted by molar-refractivity contribution is 6.35. The Hall–Kier alpha value is -3.08. The smallest absolute Gasteiger partial charge is 0.332 e. The highest BCUT2D eigenvalue weighted by Crippen LogP contribution is 2.43. The van der Waals surface area contributed by atoms with Crippen molar-refractivity contribution >= 4 is 46.7 Å². The Morgan fingerprint density at radius 1 is 1.17 bits per heavy atom. The second-order valence-corrected chi connectivity index (χ2v) is 11.1. The standard InChI is InChI=1S/C27H28Cl2N4O3/c1-4-9-26(2,3)23(34)31-21-14-27(13-17-5-7-18(15-30)8-6-17)24(35)33(25(36)32(27)16-21)22-11-19(28)10-20(29)12-22/h5-8,10-12,21H,4,9,13-14,16H2,1-3H3,(H,31,34). The van der Waals surface area contributed by atoms with Gasteiger partial charge in [-0.1, -0.05) is 62.5 Å². The number of nitrogens with zero attached hydrogens (tertiary/aromatic N) is 3. The van der Waals surface area contributed by atoms with Crippen LogP contribution in [0.2, 0.25) is 10.0 Å². The van der Waals surface area contributed by atoms with Gasteiger partial charge in [-0.15, -0.1) is 0 Å². The number of amides is 4. The summed E-state index contributed by atoms with van der Waals surface area (Å²) < 4.78 is 0. The number of nitrogens with one attached hydrogen (secondary N) is 1. The molecular weight excluding hydrogens is 499 g/mol. The number of nitriles is 1. The third-order valence-electron chi connectivity index (χ3n) is 7.04. The molecular formula is C27H28Cl2N4O3. The zero-order chi connectivity index (χ0) is 26.3. The Morgan fingerprint density at radius 2 is 1.81 bits per heavy atom. The van der Waals surface area contributed by atoms with Gasteiger partial charge in [-0.05, 0) is 42.3 Å². The maximum absolute atomic E-state index is 14.0. The zero-order valence-corrected chi connectivity index (χ0v) is 22.0. The lowest BCUT2D eigenvalue weighted by Gasteiger charge is -2.28. The number of imide groups is 1. The third kappa shape index (κ3) is 4.68. The predicted molar refractivity (Wildman–Crippen MR) is 139 cm³/mol. The number of halogens is 2. The van der Waals surface area contributed by atoms with E-state index in [1.54, 1.807) is 29.2 Å². The first-order chi connectivity index (χ1) is 17.0. The summed E-state index contributed by atoms with van der Waals surface area (Å²) in [7, 11) is 0. The van der Waals surface area contributed by atoms with Crippen LogP contribution in [0.3, 0.4) is 0 Å². The van der Waals surface area contributed by atoms with E-state index in [4.69, 9.17) is 28.5 Å². The van der Waals surface area contributed by atoms with Crippen molar-refractivity contribution in [2.45, 2.75) is 58.0 Å². The van der Waals surface area contributed by atoms with Crippen LogP contribution in [0.5, 0.6) is 0 Å². The van der Waals surface area contributed by atoms with E-state index in [2.05, 4.69) is 11.4 Å². The normalized spacial score (nSPS) is 21.5. The average Bonchev–Trinajstić information content (AvgIpc) is 3.25. The molecule has 7 nitrogen and oxygen atoms in total. The number of urea groups is 1. The highest BCUT2D eigenvalue weighted by Gasteiger charge is 2.62. The summed E-state index contributed by atoms with van der Waals surface area (Å²) in [5.41, 5.74) is -0.121. The predicted octanol–water partition coefficient (Wildman–Crippen LogP) is 5.33. The molecule has 0 aliphatic carbocycles. The van der Waals surface area contributed by atoms with Gasteiger partial charge in [0.15, 0.2) is 0 Å². The molecule has 2 unspecified atom stereocenters. The van der Waals surface area contributed by atoms with Crippen LogP contribution in [0.25, 0.3) is 0 Å². The molecule has 2 atom stereocenters. The molecule has 0 bridgehead atoms. The van der Waals surface area contributed by atoms with E-state index in [0.717, 1.165) is 23.3 Å². The van der Waals surface area contributed by atoms with Crippen LogP contribution in [0.4, 0.5) is 10.5 Å². The van der Waals surface area contributed by atoms with E-state index >= 15 is 0 Å². The highest BCUT2D eigenvalue weighted by atomic mass is 35.5. The molecule has 2 fully saturated rings. The second-order valence-electron chi connectivity index (χ2n) is 10.2. The first-order valence-electron chi connectivity index (χ1n) is 11.9. The van der Waals surface area contributed by atoms with Gasteiger partial charge in [0.1, 0.15) is 5.54 Å². The summed E-state index contributed by atoms with van der Waals surface area (Å²) in [6.45, 7) is 6.03. The quantitative estimate of drug-likeness (QED) is 0.493. The van der Waals surface area contributed by atoms with Crippen LogP contribution >= 0.6 is 23.2 Å². The van der Waals surface area contributed by atoms with Gasteiger partial charge in [0.05, 0.1) is 17.3 Å². The van der Waals surface area contributed by atoms with Gasteiger partial charge < -0.3 is 10.2 Å². The molecule has 9 heteroatoms. The second kappa shape index (κ2) is 9.76. The van der Waals surface area contributed by atoms with E-state index in [-0.39, 0.29) is 37.2 Å². The summed E-state index contributed by atoms with van der Waals surface area (Å²) in [4.78, 5) is 43.3. The Labute approximate surface area is 221 Å². The summed E-state index contributed by atoms with van der Waals surface area (Å²) in [6.07, 6.45) is 2.12. The Balaban J connectivity index is 1.69. The largest absolute Gasteiger partial charge is 0.351 e. The summed E-state index contributed by atoms with van der Waals surface area (Å²) >= 11 is 12.3. The SMILES string of the molecule is CCCC(C)(C)C(=O)NC1CN2C(=O)N(c3cc(Cl)cc(Cl)c3)C(=O)C2(Cc2ccc(C#N)cc2)C1. The van der Waals surface area contributed by atoms with Gasteiger partial charge in [0.25, 0.3) is 5.91 Å². The number of carbonyl (C=O) groups excluding carboxylic acids is 3. The number of fused-ring (bicyclic) bond motifs is 1. The lowest BCUT2D eigenvalue weighted by molar-refractivity contribution is -0.130. The minimum atomic E-state index is -1.19. The lowest BCUT2D eigenvalue weighted by atomic mass is 9.85. The molecule has 2 aliphatic heterocycles. The molecule has 188 valence electrons. The molecule has 36 heavy (non-hydrogen) atoms. The van der Waals surface area contributed by atoms with E-state index in [1.807, 2.05) is 20.8 Å². The molecule has 2 saturated heterocycles. The Bertz CT molecular complexity index is 1230. The maximum atomic E-state index is 14.0. The molecule has 2 aromatic carbocycles. The maximum Gasteiger partial charge on any atom is 0.332 e. The van der Waals surface area contributed by atoms with Gasteiger partial charge >= 0.3 is 6.03 Å². The van der Waals surface area contributed by atoms with Crippen molar-refractivity contribution in [1.29, 1.82) is 5.26 Å². The molecule has 0 radical (unpaired) electrons. The van der Waals surface area contributed by atoms with Crippen LogP contribution in [0, 0.1) is 16.7 Å². The average molecular weight is 527 g/mol. The fourth-order valence-electron chi connectivity index (χ4n) is 5.25. The van der Waals surface area contributed by atoms with E-state index < -0.39 is 17.0 Å². The van der Waals surface area contributed by atoms with Crippen molar-refractivity contribution < 1.29 is 14.4 Å². The van der Waals surface area contributed by atoms with Crippen LogP contribution in [-0.2, 0) is 16.0 Å². The number of anilines is 1. The monoisotopic (exact) mass is 526 g/mol. The first-order valence-corrected chi connectivity index (χ1v) is 12.7. The number of hydrogen-bond donors (Lipinski definition) is 1. The van der Waals surface area contributed by atoms with Gasteiger partial charge in [-0.3, -0.25) is 9.59 Å². The van der Waals surface area contributed by atoms with Crippen LogP contribution in [0.1, 0.15) is 51.2 Å². The van der Waals surface area contributed by atoms with E-state index in [1.165, 1.54) is 18.2 Å². The van der Waals surface area contributed by atoms with Crippen molar-refractivity contribution in [3.8, 4) is 6.07 Å². The molecule has 2 aromatic rings. The molecule has 0 saturated carbocycles. The lowest BCUT2D eigenvalue weighted by Crippen LogP contribution is -2.48. The van der Waals surface area contributed by atoms with Crippen molar-refractivity contribution in [2.75, 3.05) is 11.4 Å². The number of rotatable bonds is 7. The van der Waals surface area contributed by atoms with Crippen LogP contribution < -0.4 is 10.2 Å². The van der Waals surface area contributed by atoms with Gasteiger partial charge in [-0.2, -0.15) is 5.26 Å². The number of benzene rings is 2. The number of hydrogen-bond acceptors (Lipinski definition) is 4. The van der Waals surface area contributed by atoms with Crippen molar-refractivity contribution in [3.05, 3.63) is 63.6 Å². The molecule has 4 rings (SSSR count). The summed E-state index contributed by atoms with van der Waals surface area (Å²) in [6, 6.07) is 12.8. The Morgan fingerprint density at radius 3 is 2.39 bits per heavy atom. The topological polar surface area (TPSA) is 93.5 Å². The molecule has 0 spiro atoms. The summed E-state index contributed by atoms with van der Waals surface area (Å²) in [5.74, 6) is -0.484. The number of carbonyl (C=O) groups is 3.